The molecule has 0 aromatic carbocycles. The molecule has 1 aliphatic heterocycles. The van der Waals surface area contributed by atoms with Gasteiger partial charge in [-0.05, 0) is 57.4 Å². The Hall–Kier alpha value is -1.47. The number of aliphatic hydroxyl groups is 2. The molecule has 0 saturated heterocycles. The van der Waals surface area contributed by atoms with E-state index < -0.39 is 33.5 Å². The normalized spacial score (nSPS) is 49.1. The molecule has 5 aliphatic rings. The topological polar surface area (TPSA) is 93.1 Å². The number of cyclic esters (lactones) is 1. The lowest BCUT2D eigenvalue weighted by Crippen LogP contribution is -2.72. The second-order valence-electron chi connectivity index (χ2n) is 12.3. The number of halogens is 1. The SMILES string of the molecule is CO[C@H]1C=C([C@H](C)[C@H]2CC(C)=C(C)C(=O)O2)[C@@]2(C)CC[C@H]3[C@@H](C[C@@H](O)[C@@]4(Cl)CC=CC(=O)[C@]34C)[C@@]12O. The zero-order valence-electron chi connectivity index (χ0n) is 22.1. The van der Waals surface area contributed by atoms with Crippen LogP contribution in [0.25, 0.3) is 0 Å². The summed E-state index contributed by atoms with van der Waals surface area (Å²) < 4.78 is 11.8. The Bertz CT molecular complexity index is 1090. The Labute approximate surface area is 218 Å². The van der Waals surface area contributed by atoms with Gasteiger partial charge < -0.3 is 19.7 Å². The second kappa shape index (κ2) is 8.26. The maximum atomic E-state index is 13.4. The third-order valence-electron chi connectivity index (χ3n) is 11.1. The molecule has 0 amide bonds. The van der Waals surface area contributed by atoms with Gasteiger partial charge in [-0.25, -0.2) is 4.79 Å². The lowest BCUT2D eigenvalue weighted by atomic mass is 9.42. The third kappa shape index (κ3) is 3.02. The summed E-state index contributed by atoms with van der Waals surface area (Å²) in [6.07, 6.45) is 6.21. The Morgan fingerprint density at radius 1 is 1.22 bits per heavy atom. The fraction of sp³-hybridized carbons (Fsp3) is 0.724. The van der Waals surface area contributed by atoms with Gasteiger partial charge in [-0.1, -0.05) is 44.1 Å². The van der Waals surface area contributed by atoms with E-state index in [0.717, 1.165) is 11.1 Å². The van der Waals surface area contributed by atoms with Crippen LogP contribution in [0.4, 0.5) is 0 Å². The molecule has 2 saturated carbocycles. The fourth-order valence-corrected chi connectivity index (χ4v) is 8.99. The Kier molecular flexibility index (Phi) is 6.00. The van der Waals surface area contributed by atoms with Crippen molar-refractivity contribution in [1.82, 2.24) is 0 Å². The number of esters is 1. The molecule has 10 atom stereocenters. The zero-order chi connectivity index (χ0) is 26.4. The molecule has 2 fully saturated rings. The molecule has 4 aliphatic carbocycles. The van der Waals surface area contributed by atoms with Crippen LogP contribution in [0.3, 0.4) is 0 Å². The van der Waals surface area contributed by atoms with E-state index in [2.05, 4.69) is 13.8 Å². The van der Waals surface area contributed by atoms with Crippen molar-refractivity contribution in [2.45, 2.75) is 95.5 Å². The summed E-state index contributed by atoms with van der Waals surface area (Å²) in [6, 6.07) is 0. The molecular formula is C29H39ClO6. The molecule has 0 unspecified atom stereocenters. The lowest BCUT2D eigenvalue weighted by Gasteiger charge is -2.65. The zero-order valence-corrected chi connectivity index (χ0v) is 22.9. The highest BCUT2D eigenvalue weighted by Gasteiger charge is 2.74. The molecular weight excluding hydrogens is 480 g/mol. The van der Waals surface area contributed by atoms with Crippen molar-refractivity contribution >= 4 is 23.4 Å². The molecule has 0 bridgehead atoms. The average Bonchev–Trinajstić information content (AvgIpc) is 3.07. The van der Waals surface area contributed by atoms with Gasteiger partial charge in [-0.3, -0.25) is 4.79 Å². The summed E-state index contributed by atoms with van der Waals surface area (Å²) in [6.45, 7) is 9.78. The summed E-state index contributed by atoms with van der Waals surface area (Å²) in [5, 5.41) is 24.1. The minimum absolute atomic E-state index is 0.0787. The van der Waals surface area contributed by atoms with Crippen LogP contribution >= 0.6 is 11.6 Å². The highest BCUT2D eigenvalue weighted by atomic mass is 35.5. The molecule has 0 aromatic rings. The summed E-state index contributed by atoms with van der Waals surface area (Å²) in [5.41, 5.74) is -0.277. The number of methoxy groups -OCH3 is 1. The van der Waals surface area contributed by atoms with E-state index in [1.807, 2.05) is 19.9 Å². The van der Waals surface area contributed by atoms with Crippen LogP contribution in [0.1, 0.15) is 66.7 Å². The van der Waals surface area contributed by atoms with Gasteiger partial charge in [-0.15, -0.1) is 11.6 Å². The number of hydrogen-bond donors (Lipinski definition) is 2. The number of aliphatic hydroxyl groups excluding tert-OH is 1. The number of ketones is 1. The average molecular weight is 519 g/mol. The van der Waals surface area contributed by atoms with Gasteiger partial charge in [0.25, 0.3) is 0 Å². The van der Waals surface area contributed by atoms with Gasteiger partial charge >= 0.3 is 5.97 Å². The Balaban J connectivity index is 1.55. The van der Waals surface area contributed by atoms with Crippen LogP contribution < -0.4 is 0 Å². The highest BCUT2D eigenvalue weighted by Crippen LogP contribution is 2.69. The number of rotatable bonds is 3. The molecule has 0 spiro atoms. The molecule has 0 radical (unpaired) electrons. The van der Waals surface area contributed by atoms with E-state index in [9.17, 15) is 19.8 Å². The lowest BCUT2D eigenvalue weighted by molar-refractivity contribution is -0.234. The van der Waals surface area contributed by atoms with Crippen molar-refractivity contribution in [1.29, 1.82) is 0 Å². The fourth-order valence-electron chi connectivity index (χ4n) is 8.58. The Morgan fingerprint density at radius 2 is 1.92 bits per heavy atom. The number of fused-ring (bicyclic) bond motifs is 5. The molecule has 2 N–H and O–H groups in total. The van der Waals surface area contributed by atoms with E-state index in [4.69, 9.17) is 21.1 Å². The standard InChI is InChI=1S/C29H39ClO6/c1-15-12-21(36-25(33)16(15)2)17(3)19-14-24(35-6)29(34)20-13-23(32)28(30)10-7-8-22(31)27(28,5)18(20)9-11-26(19,29)4/h7-8,14,17-18,20-21,23-24,32,34H,9-13H2,1-6H3/t17-,18-,20+,21+,23+,24-,26+,27-,28-,29+/m0/s1. The third-order valence-corrected chi connectivity index (χ3v) is 11.9. The number of hydrogen-bond acceptors (Lipinski definition) is 6. The molecule has 0 aromatic heterocycles. The van der Waals surface area contributed by atoms with Crippen molar-refractivity contribution < 1.29 is 29.3 Å². The minimum atomic E-state index is -1.34. The van der Waals surface area contributed by atoms with Crippen LogP contribution in [0, 0.1) is 28.6 Å². The van der Waals surface area contributed by atoms with Gasteiger partial charge in [0.1, 0.15) is 17.8 Å². The van der Waals surface area contributed by atoms with Crippen molar-refractivity contribution in [2.75, 3.05) is 7.11 Å². The van der Waals surface area contributed by atoms with Crippen LogP contribution in [-0.4, -0.2) is 57.9 Å². The van der Waals surface area contributed by atoms with E-state index in [-0.39, 0.29) is 35.6 Å². The first-order chi connectivity index (χ1) is 16.8. The molecule has 6 nitrogen and oxygen atoms in total. The number of ether oxygens (including phenoxy) is 2. The van der Waals surface area contributed by atoms with Crippen LogP contribution in [0.5, 0.6) is 0 Å². The minimum Gasteiger partial charge on any atom is -0.458 e. The molecule has 198 valence electrons. The quantitative estimate of drug-likeness (QED) is 0.329. The van der Waals surface area contributed by atoms with Gasteiger partial charge in [-0.2, -0.15) is 0 Å². The monoisotopic (exact) mass is 518 g/mol. The van der Waals surface area contributed by atoms with E-state index in [1.54, 1.807) is 26.2 Å². The summed E-state index contributed by atoms with van der Waals surface area (Å²) >= 11 is 7.10. The molecule has 36 heavy (non-hydrogen) atoms. The number of alkyl halides is 1. The van der Waals surface area contributed by atoms with Crippen molar-refractivity contribution in [2.24, 2.45) is 28.6 Å². The second-order valence-corrected chi connectivity index (χ2v) is 13.0. The van der Waals surface area contributed by atoms with Crippen LogP contribution in [-0.2, 0) is 19.1 Å². The molecule has 7 heteroatoms. The van der Waals surface area contributed by atoms with Gasteiger partial charge in [0.05, 0.1) is 16.4 Å². The van der Waals surface area contributed by atoms with Crippen LogP contribution in [0.15, 0.2) is 34.9 Å². The van der Waals surface area contributed by atoms with Crippen molar-refractivity contribution in [3.05, 3.63) is 34.9 Å². The number of carbonyl (C=O) groups excluding carboxylic acids is 2. The first kappa shape index (κ1) is 26.1. The van der Waals surface area contributed by atoms with E-state index in [0.29, 0.717) is 37.7 Å². The Morgan fingerprint density at radius 3 is 2.56 bits per heavy atom. The summed E-state index contributed by atoms with van der Waals surface area (Å²) in [7, 11) is 1.59. The van der Waals surface area contributed by atoms with E-state index >= 15 is 0 Å². The largest absolute Gasteiger partial charge is 0.458 e. The maximum Gasteiger partial charge on any atom is 0.333 e. The van der Waals surface area contributed by atoms with Crippen molar-refractivity contribution in [3.8, 4) is 0 Å². The summed E-state index contributed by atoms with van der Waals surface area (Å²) in [4.78, 5) is 24.8. The van der Waals surface area contributed by atoms with Gasteiger partial charge in [0, 0.05) is 30.4 Å². The molecule has 5 rings (SSSR count). The predicted octanol–water partition coefficient (Wildman–Crippen LogP) is 4.27. The van der Waals surface area contributed by atoms with E-state index in [1.165, 1.54) is 0 Å². The number of allylic oxidation sites excluding steroid dienone is 2. The van der Waals surface area contributed by atoms with Crippen LogP contribution in [0.2, 0.25) is 0 Å². The highest BCUT2D eigenvalue weighted by molar-refractivity contribution is 6.28. The van der Waals surface area contributed by atoms with Gasteiger partial charge in [0.2, 0.25) is 0 Å². The van der Waals surface area contributed by atoms with Crippen molar-refractivity contribution in [3.63, 3.8) is 0 Å². The number of carbonyl (C=O) groups is 2. The maximum absolute atomic E-state index is 13.4. The van der Waals surface area contributed by atoms with Gasteiger partial charge in [0.15, 0.2) is 5.78 Å². The molecule has 1 heterocycles. The predicted molar refractivity (Wildman–Crippen MR) is 136 cm³/mol. The summed E-state index contributed by atoms with van der Waals surface area (Å²) in [5.74, 6) is -1.07. The first-order valence-electron chi connectivity index (χ1n) is 13.2. The first-order valence-corrected chi connectivity index (χ1v) is 13.6. The smallest absolute Gasteiger partial charge is 0.333 e.